The Morgan fingerprint density at radius 2 is 0.724 bits per heavy atom. The topological polar surface area (TPSA) is 149 Å². The largest absolute Gasteiger partial charge is 0.394 e. The average Bonchev–Trinajstić information content (AvgIpc) is 3.42. The van der Waals surface area contributed by atoms with Gasteiger partial charge in [-0.1, -0.05) is 341 Å². The molecule has 6 N–H and O–H groups in total. The Labute approximate surface area is 471 Å². The number of carbonyl (C=O) groups is 1. The summed E-state index contributed by atoms with van der Waals surface area (Å²) in [5.41, 5.74) is 0. The number of hydrogen-bond acceptors (Lipinski definition) is 8. The lowest BCUT2D eigenvalue weighted by molar-refractivity contribution is -0.302. The number of amides is 1. The number of allylic oxidation sites excluding steroid dienone is 1. The summed E-state index contributed by atoms with van der Waals surface area (Å²) in [6.45, 7) is 3.84. The quantitative estimate of drug-likeness (QED) is 0.0261. The van der Waals surface area contributed by atoms with E-state index in [1.165, 1.54) is 295 Å². The lowest BCUT2D eigenvalue weighted by Crippen LogP contribution is -2.60. The van der Waals surface area contributed by atoms with Crippen LogP contribution >= 0.6 is 0 Å². The number of carbonyl (C=O) groups excluding carboxylic acids is 1. The maximum Gasteiger partial charge on any atom is 0.220 e. The van der Waals surface area contributed by atoms with Crippen LogP contribution in [-0.2, 0) is 14.3 Å². The van der Waals surface area contributed by atoms with Crippen molar-refractivity contribution in [2.24, 2.45) is 0 Å². The second-order valence-corrected chi connectivity index (χ2v) is 24.0. The lowest BCUT2D eigenvalue weighted by atomic mass is 9.99. The summed E-state index contributed by atoms with van der Waals surface area (Å²) in [6.07, 6.45) is 66.0. The smallest absolute Gasteiger partial charge is 0.220 e. The Morgan fingerprint density at radius 3 is 1.03 bits per heavy atom. The first-order chi connectivity index (χ1) is 37.3. The molecule has 1 amide bonds. The van der Waals surface area contributed by atoms with Gasteiger partial charge in [0.1, 0.15) is 24.4 Å². The standard InChI is InChI=1S/C67H131NO8/c1-3-5-7-9-11-13-15-17-19-21-23-25-27-29-30-31-33-34-36-38-40-42-44-46-48-50-52-54-56-61(70)60(59-75-67-66(74)65(73)64(72)62(58-69)76-67)68-63(71)57-55-53-51-49-47-45-43-41-39-37-35-32-28-26-24-22-20-18-16-14-12-10-8-6-4-2/h54,56,60-62,64-67,69-70,72-74H,3-53,55,57-59H2,1-2H3,(H,68,71)/b56-54+. The molecule has 7 unspecified atom stereocenters. The SMILES string of the molecule is CCCCCCCCCCCCCCCCCCCCCCCCCCCC/C=C/C(O)C(COC1OC(CO)C(O)C(O)C1O)NC(=O)CCCCCCCCCCCCCCCCCCCCCCCCCCC. The van der Waals surface area contributed by atoms with E-state index in [1.54, 1.807) is 6.08 Å². The third-order valence-electron chi connectivity index (χ3n) is 16.6. The molecule has 0 bridgehead atoms. The summed E-state index contributed by atoms with van der Waals surface area (Å²) < 4.78 is 11.3. The van der Waals surface area contributed by atoms with Crippen molar-refractivity contribution in [3.63, 3.8) is 0 Å². The van der Waals surface area contributed by atoms with E-state index in [1.807, 2.05) is 6.08 Å². The fraction of sp³-hybridized carbons (Fsp3) is 0.955. The molecule has 1 aliphatic heterocycles. The van der Waals surface area contributed by atoms with Crippen molar-refractivity contribution in [1.82, 2.24) is 5.32 Å². The van der Waals surface area contributed by atoms with E-state index >= 15 is 0 Å². The maximum atomic E-state index is 13.1. The van der Waals surface area contributed by atoms with Crippen LogP contribution in [0.3, 0.4) is 0 Å². The zero-order valence-corrected chi connectivity index (χ0v) is 50.5. The molecule has 7 atom stereocenters. The molecule has 9 nitrogen and oxygen atoms in total. The van der Waals surface area contributed by atoms with Gasteiger partial charge < -0.3 is 40.3 Å². The molecule has 0 aromatic heterocycles. The number of aliphatic hydroxyl groups is 5. The molecule has 0 aliphatic carbocycles. The average molecular weight is 1080 g/mol. The van der Waals surface area contributed by atoms with Gasteiger partial charge in [-0.25, -0.2) is 0 Å². The third-order valence-corrected chi connectivity index (χ3v) is 16.6. The van der Waals surface area contributed by atoms with E-state index in [2.05, 4.69) is 19.2 Å². The van der Waals surface area contributed by atoms with E-state index in [4.69, 9.17) is 9.47 Å². The van der Waals surface area contributed by atoms with Crippen LogP contribution in [0.1, 0.15) is 354 Å². The number of aliphatic hydroxyl groups excluding tert-OH is 5. The normalized spacial score (nSPS) is 18.8. The van der Waals surface area contributed by atoms with Crippen LogP contribution in [0.25, 0.3) is 0 Å². The molecule has 0 radical (unpaired) electrons. The van der Waals surface area contributed by atoms with Gasteiger partial charge in [0.25, 0.3) is 0 Å². The minimum absolute atomic E-state index is 0.167. The summed E-state index contributed by atoms with van der Waals surface area (Å²) in [5.74, 6) is -0.167. The highest BCUT2D eigenvalue weighted by Crippen LogP contribution is 2.23. The van der Waals surface area contributed by atoms with Crippen LogP contribution in [0.5, 0.6) is 0 Å². The van der Waals surface area contributed by atoms with Gasteiger partial charge in [-0.05, 0) is 19.3 Å². The monoisotopic (exact) mass is 1080 g/mol. The lowest BCUT2D eigenvalue weighted by Gasteiger charge is -2.40. The minimum atomic E-state index is -1.56. The zero-order chi connectivity index (χ0) is 55.0. The molecule has 0 spiro atoms. The molecule has 0 aromatic rings. The number of ether oxygens (including phenoxy) is 2. The first-order valence-corrected chi connectivity index (χ1v) is 33.9. The fourth-order valence-corrected chi connectivity index (χ4v) is 11.3. The molecule has 76 heavy (non-hydrogen) atoms. The second-order valence-electron chi connectivity index (χ2n) is 24.0. The maximum absolute atomic E-state index is 13.1. The Kier molecular flexibility index (Phi) is 54.9. The Morgan fingerprint density at radius 1 is 0.434 bits per heavy atom. The van der Waals surface area contributed by atoms with E-state index in [0.717, 1.165) is 38.5 Å². The van der Waals surface area contributed by atoms with Gasteiger partial charge in [0.05, 0.1) is 25.4 Å². The summed E-state index contributed by atoms with van der Waals surface area (Å²) >= 11 is 0. The summed E-state index contributed by atoms with van der Waals surface area (Å²) in [7, 11) is 0. The predicted molar refractivity (Wildman–Crippen MR) is 323 cm³/mol. The Hall–Kier alpha value is -1.07. The molecule has 1 fully saturated rings. The van der Waals surface area contributed by atoms with E-state index < -0.39 is 49.5 Å². The highest BCUT2D eigenvalue weighted by molar-refractivity contribution is 5.76. The van der Waals surface area contributed by atoms with Crippen molar-refractivity contribution in [3.8, 4) is 0 Å². The van der Waals surface area contributed by atoms with Crippen LogP contribution in [0.2, 0.25) is 0 Å². The molecule has 1 aliphatic rings. The molecular formula is C67H131NO8. The van der Waals surface area contributed by atoms with Crippen LogP contribution < -0.4 is 5.32 Å². The van der Waals surface area contributed by atoms with Crippen LogP contribution in [0.15, 0.2) is 12.2 Å². The highest BCUT2D eigenvalue weighted by Gasteiger charge is 2.44. The van der Waals surface area contributed by atoms with Gasteiger partial charge in [-0.2, -0.15) is 0 Å². The minimum Gasteiger partial charge on any atom is -0.394 e. The zero-order valence-electron chi connectivity index (χ0n) is 50.5. The van der Waals surface area contributed by atoms with E-state index in [0.29, 0.717) is 6.42 Å². The predicted octanol–water partition coefficient (Wildman–Crippen LogP) is 17.9. The molecule has 0 aromatic carbocycles. The fourth-order valence-electron chi connectivity index (χ4n) is 11.3. The highest BCUT2D eigenvalue weighted by atomic mass is 16.7. The number of hydrogen-bond donors (Lipinski definition) is 6. The van der Waals surface area contributed by atoms with Gasteiger partial charge >= 0.3 is 0 Å². The van der Waals surface area contributed by atoms with Crippen molar-refractivity contribution in [2.75, 3.05) is 13.2 Å². The summed E-state index contributed by atoms with van der Waals surface area (Å²) in [4.78, 5) is 13.1. The van der Waals surface area contributed by atoms with Crippen LogP contribution in [0, 0.1) is 0 Å². The number of unbranched alkanes of at least 4 members (excludes halogenated alkanes) is 50. The van der Waals surface area contributed by atoms with Crippen molar-refractivity contribution in [3.05, 3.63) is 12.2 Å². The number of rotatable bonds is 60. The van der Waals surface area contributed by atoms with Gasteiger partial charge in [0, 0.05) is 6.42 Å². The molecule has 0 saturated carbocycles. The molecular weight excluding hydrogens is 947 g/mol. The summed E-state index contributed by atoms with van der Waals surface area (Å²) in [6, 6.07) is -0.802. The van der Waals surface area contributed by atoms with Crippen LogP contribution in [-0.4, -0.2) is 87.5 Å². The molecule has 1 rings (SSSR count). The van der Waals surface area contributed by atoms with Crippen molar-refractivity contribution in [1.29, 1.82) is 0 Å². The second kappa shape index (κ2) is 57.2. The summed E-state index contributed by atoms with van der Waals surface area (Å²) in [5, 5.41) is 54.7. The van der Waals surface area contributed by atoms with E-state index in [-0.39, 0.29) is 12.5 Å². The van der Waals surface area contributed by atoms with Gasteiger partial charge in [0.15, 0.2) is 6.29 Å². The van der Waals surface area contributed by atoms with Gasteiger partial charge in [0.2, 0.25) is 5.91 Å². The first-order valence-electron chi connectivity index (χ1n) is 33.9. The van der Waals surface area contributed by atoms with Crippen molar-refractivity contribution in [2.45, 2.75) is 397 Å². The first kappa shape index (κ1) is 72.9. The van der Waals surface area contributed by atoms with Crippen LogP contribution in [0.4, 0.5) is 0 Å². The van der Waals surface area contributed by atoms with E-state index in [9.17, 15) is 30.3 Å². The van der Waals surface area contributed by atoms with Gasteiger partial charge in [-0.15, -0.1) is 0 Å². The molecule has 1 heterocycles. The molecule has 452 valence electrons. The van der Waals surface area contributed by atoms with Crippen molar-refractivity contribution >= 4 is 5.91 Å². The Bertz CT molecular complexity index is 1200. The third kappa shape index (κ3) is 45.6. The molecule has 9 heteroatoms. The Balaban J connectivity index is 2.14. The van der Waals surface area contributed by atoms with Crippen molar-refractivity contribution < 1.29 is 39.8 Å². The molecule has 1 saturated heterocycles. The van der Waals surface area contributed by atoms with Gasteiger partial charge in [-0.3, -0.25) is 4.79 Å². The number of nitrogens with one attached hydrogen (secondary N) is 1.